The molecule has 0 fully saturated rings. The molecule has 2 aromatic heterocycles. The normalized spacial score (nSPS) is 10.2. The number of aromatic nitrogens is 2. The van der Waals surface area contributed by atoms with Crippen molar-refractivity contribution >= 4 is 16.3 Å². The SMILES string of the molecule is Cc1cncnc1-c1ccc(N)s1. The van der Waals surface area contributed by atoms with Gasteiger partial charge >= 0.3 is 0 Å². The van der Waals surface area contributed by atoms with E-state index < -0.39 is 0 Å². The largest absolute Gasteiger partial charge is 0.391 e. The molecule has 0 aliphatic heterocycles. The van der Waals surface area contributed by atoms with E-state index in [0.717, 1.165) is 21.1 Å². The van der Waals surface area contributed by atoms with Gasteiger partial charge in [-0.05, 0) is 24.6 Å². The van der Waals surface area contributed by atoms with E-state index in [1.165, 1.54) is 0 Å². The van der Waals surface area contributed by atoms with Crippen LogP contribution in [0.3, 0.4) is 0 Å². The summed E-state index contributed by atoms with van der Waals surface area (Å²) in [5, 5.41) is 0.813. The van der Waals surface area contributed by atoms with E-state index >= 15 is 0 Å². The predicted molar refractivity (Wildman–Crippen MR) is 54.5 cm³/mol. The monoisotopic (exact) mass is 191 g/mol. The van der Waals surface area contributed by atoms with E-state index in [0.29, 0.717) is 0 Å². The van der Waals surface area contributed by atoms with Gasteiger partial charge in [0.25, 0.3) is 0 Å². The molecule has 66 valence electrons. The minimum atomic E-state index is 0.813. The molecule has 0 unspecified atom stereocenters. The Morgan fingerprint density at radius 3 is 2.85 bits per heavy atom. The molecule has 2 N–H and O–H groups in total. The zero-order valence-corrected chi connectivity index (χ0v) is 8.01. The molecule has 0 aliphatic rings. The van der Waals surface area contributed by atoms with Crippen LogP contribution in [0.1, 0.15) is 5.56 Å². The summed E-state index contributed by atoms with van der Waals surface area (Å²) in [4.78, 5) is 9.24. The first-order valence-corrected chi connectivity index (χ1v) is 4.71. The molecule has 0 saturated carbocycles. The standard InChI is InChI=1S/C9H9N3S/c1-6-4-11-5-12-9(6)7-2-3-8(10)13-7/h2-5H,10H2,1H3. The van der Waals surface area contributed by atoms with Crippen LogP contribution in [0, 0.1) is 6.92 Å². The molecule has 0 aromatic carbocycles. The van der Waals surface area contributed by atoms with E-state index in [4.69, 9.17) is 5.73 Å². The lowest BCUT2D eigenvalue weighted by Crippen LogP contribution is -1.86. The smallest absolute Gasteiger partial charge is 0.116 e. The van der Waals surface area contributed by atoms with Crippen molar-refractivity contribution in [1.82, 2.24) is 9.97 Å². The highest BCUT2D eigenvalue weighted by atomic mass is 32.1. The fourth-order valence-electron chi connectivity index (χ4n) is 1.14. The van der Waals surface area contributed by atoms with Crippen molar-refractivity contribution in [3.8, 4) is 10.6 Å². The maximum atomic E-state index is 5.64. The Bertz CT molecular complexity index is 422. The molecular formula is C9H9N3S. The topological polar surface area (TPSA) is 51.8 Å². The summed E-state index contributed by atoms with van der Waals surface area (Å²) in [5.41, 5.74) is 7.68. The Morgan fingerprint density at radius 1 is 1.38 bits per heavy atom. The van der Waals surface area contributed by atoms with Gasteiger partial charge in [0.2, 0.25) is 0 Å². The first-order valence-electron chi connectivity index (χ1n) is 3.89. The quantitative estimate of drug-likeness (QED) is 0.751. The van der Waals surface area contributed by atoms with Crippen LogP contribution in [0.4, 0.5) is 5.00 Å². The number of hydrogen-bond acceptors (Lipinski definition) is 4. The lowest BCUT2D eigenvalue weighted by atomic mass is 10.2. The van der Waals surface area contributed by atoms with Gasteiger partial charge in [-0.15, -0.1) is 11.3 Å². The number of thiophene rings is 1. The zero-order chi connectivity index (χ0) is 9.26. The third-order valence-electron chi connectivity index (χ3n) is 1.76. The summed E-state index contributed by atoms with van der Waals surface area (Å²) in [5.74, 6) is 0. The molecule has 2 aromatic rings. The molecule has 0 saturated heterocycles. The Labute approximate surface area is 80.3 Å². The average molecular weight is 191 g/mol. The van der Waals surface area contributed by atoms with Crippen molar-refractivity contribution in [2.45, 2.75) is 6.92 Å². The average Bonchev–Trinajstić information content (AvgIpc) is 2.53. The molecule has 3 nitrogen and oxygen atoms in total. The van der Waals surface area contributed by atoms with Gasteiger partial charge in [0.15, 0.2) is 0 Å². The fourth-order valence-corrected chi connectivity index (χ4v) is 1.97. The molecule has 0 aliphatic carbocycles. The third kappa shape index (κ3) is 1.53. The second kappa shape index (κ2) is 3.14. The van der Waals surface area contributed by atoms with Crippen LogP contribution in [-0.2, 0) is 0 Å². The third-order valence-corrected chi connectivity index (χ3v) is 2.68. The maximum Gasteiger partial charge on any atom is 0.116 e. The van der Waals surface area contributed by atoms with Crippen molar-refractivity contribution in [2.75, 3.05) is 5.73 Å². The summed E-state index contributed by atoms with van der Waals surface area (Å²) >= 11 is 1.54. The second-order valence-corrected chi connectivity index (χ2v) is 3.87. The van der Waals surface area contributed by atoms with E-state index in [2.05, 4.69) is 9.97 Å². The second-order valence-electron chi connectivity index (χ2n) is 2.76. The van der Waals surface area contributed by atoms with Crippen LogP contribution < -0.4 is 5.73 Å². The van der Waals surface area contributed by atoms with Gasteiger partial charge in [0.05, 0.1) is 15.6 Å². The van der Waals surface area contributed by atoms with E-state index in [1.807, 2.05) is 19.1 Å². The molecule has 0 bridgehead atoms. The number of rotatable bonds is 1. The summed E-state index contributed by atoms with van der Waals surface area (Å²) < 4.78 is 0. The number of aryl methyl sites for hydroxylation is 1. The summed E-state index contributed by atoms with van der Waals surface area (Å²) in [6, 6.07) is 3.87. The highest BCUT2D eigenvalue weighted by Gasteiger charge is 2.04. The van der Waals surface area contributed by atoms with Gasteiger partial charge in [0.1, 0.15) is 6.33 Å². The number of hydrogen-bond donors (Lipinski definition) is 1. The van der Waals surface area contributed by atoms with Gasteiger partial charge < -0.3 is 5.73 Å². The maximum absolute atomic E-state index is 5.64. The van der Waals surface area contributed by atoms with Crippen molar-refractivity contribution in [1.29, 1.82) is 0 Å². The molecule has 0 radical (unpaired) electrons. The molecule has 13 heavy (non-hydrogen) atoms. The first kappa shape index (κ1) is 8.19. The van der Waals surface area contributed by atoms with Crippen molar-refractivity contribution in [3.63, 3.8) is 0 Å². The van der Waals surface area contributed by atoms with E-state index in [1.54, 1.807) is 23.9 Å². The Hall–Kier alpha value is -1.42. The molecule has 0 atom stereocenters. The molecule has 2 rings (SSSR count). The van der Waals surface area contributed by atoms with Gasteiger partial charge in [-0.3, -0.25) is 0 Å². The van der Waals surface area contributed by atoms with Crippen LogP contribution >= 0.6 is 11.3 Å². The van der Waals surface area contributed by atoms with Gasteiger partial charge in [-0.25, -0.2) is 9.97 Å². The van der Waals surface area contributed by atoms with Gasteiger partial charge in [0, 0.05) is 6.20 Å². The lowest BCUT2D eigenvalue weighted by molar-refractivity contribution is 1.14. The highest BCUT2D eigenvalue weighted by Crippen LogP contribution is 2.29. The molecule has 0 spiro atoms. The fraction of sp³-hybridized carbons (Fsp3) is 0.111. The zero-order valence-electron chi connectivity index (χ0n) is 7.19. The van der Waals surface area contributed by atoms with E-state index in [9.17, 15) is 0 Å². The van der Waals surface area contributed by atoms with Gasteiger partial charge in [-0.1, -0.05) is 0 Å². The number of nitrogen functional groups attached to an aromatic ring is 1. The summed E-state index contributed by atoms with van der Waals surface area (Å²) in [7, 11) is 0. The summed E-state index contributed by atoms with van der Waals surface area (Å²) in [6.45, 7) is 1.99. The van der Waals surface area contributed by atoms with Crippen molar-refractivity contribution in [2.24, 2.45) is 0 Å². The van der Waals surface area contributed by atoms with Crippen LogP contribution in [0.25, 0.3) is 10.6 Å². The Balaban J connectivity index is 2.52. The Kier molecular flexibility index (Phi) is 1.98. The van der Waals surface area contributed by atoms with Crippen molar-refractivity contribution < 1.29 is 0 Å². The number of nitrogens with two attached hydrogens (primary N) is 1. The first-order chi connectivity index (χ1) is 6.27. The lowest BCUT2D eigenvalue weighted by Gasteiger charge is -1.98. The van der Waals surface area contributed by atoms with Crippen LogP contribution in [0.2, 0.25) is 0 Å². The predicted octanol–water partition coefficient (Wildman–Crippen LogP) is 2.10. The molecule has 4 heteroatoms. The van der Waals surface area contributed by atoms with Crippen LogP contribution in [-0.4, -0.2) is 9.97 Å². The molecule has 0 amide bonds. The number of anilines is 1. The summed E-state index contributed by atoms with van der Waals surface area (Å²) in [6.07, 6.45) is 3.36. The minimum absolute atomic E-state index is 0.813. The van der Waals surface area contributed by atoms with E-state index in [-0.39, 0.29) is 0 Å². The van der Waals surface area contributed by atoms with Crippen LogP contribution in [0.15, 0.2) is 24.7 Å². The molecular weight excluding hydrogens is 182 g/mol. The highest BCUT2D eigenvalue weighted by molar-refractivity contribution is 7.19. The van der Waals surface area contributed by atoms with Crippen molar-refractivity contribution in [3.05, 3.63) is 30.2 Å². The van der Waals surface area contributed by atoms with Crippen LogP contribution in [0.5, 0.6) is 0 Å². The Morgan fingerprint density at radius 2 is 2.23 bits per heavy atom. The van der Waals surface area contributed by atoms with Gasteiger partial charge in [-0.2, -0.15) is 0 Å². The minimum Gasteiger partial charge on any atom is -0.391 e. The molecule has 2 heterocycles. The number of nitrogens with zero attached hydrogens (tertiary/aromatic N) is 2.